The number of fused-ring (bicyclic) bond motifs is 1. The maximum atomic E-state index is 12.1. The van der Waals surface area contributed by atoms with Gasteiger partial charge in [-0.05, 0) is 12.1 Å². The predicted octanol–water partition coefficient (Wildman–Crippen LogP) is 0.881. The molecule has 0 saturated heterocycles. The van der Waals surface area contributed by atoms with Crippen LogP contribution in [0.25, 0.3) is 5.52 Å². The van der Waals surface area contributed by atoms with Crippen LogP contribution in [0.4, 0.5) is 5.69 Å². The zero-order valence-corrected chi connectivity index (χ0v) is 12.2. The number of anilines is 1. The average Bonchev–Trinajstić information content (AvgIpc) is 2.89. The first-order chi connectivity index (χ1) is 10.5. The summed E-state index contributed by atoms with van der Waals surface area (Å²) >= 11 is 0. The minimum Gasteiger partial charge on any atom is -0.465 e. The van der Waals surface area contributed by atoms with Crippen LogP contribution in [0.5, 0.6) is 0 Å². The lowest BCUT2D eigenvalue weighted by Gasteiger charge is -2.04. The fourth-order valence-corrected chi connectivity index (χ4v) is 2.23. The van der Waals surface area contributed by atoms with Crippen molar-refractivity contribution in [1.29, 1.82) is 0 Å². The van der Waals surface area contributed by atoms with Gasteiger partial charge < -0.3 is 24.3 Å². The van der Waals surface area contributed by atoms with Gasteiger partial charge in [0.05, 0.1) is 32.5 Å². The van der Waals surface area contributed by atoms with Gasteiger partial charge in [-0.1, -0.05) is 0 Å². The van der Waals surface area contributed by atoms with Gasteiger partial charge in [0.25, 0.3) is 0 Å². The van der Waals surface area contributed by atoms with Crippen molar-refractivity contribution in [3.8, 4) is 0 Å². The highest BCUT2D eigenvalue weighted by molar-refractivity contribution is 6.16. The maximum absolute atomic E-state index is 12.1. The molecule has 22 heavy (non-hydrogen) atoms. The van der Waals surface area contributed by atoms with Crippen LogP contribution in [0.1, 0.15) is 31.2 Å². The Morgan fingerprint density at radius 2 is 1.50 bits per heavy atom. The Labute approximate surface area is 125 Å². The van der Waals surface area contributed by atoms with Crippen molar-refractivity contribution in [2.45, 2.75) is 0 Å². The van der Waals surface area contributed by atoms with Crippen LogP contribution in [0.2, 0.25) is 0 Å². The van der Waals surface area contributed by atoms with Crippen LogP contribution in [-0.2, 0) is 14.2 Å². The van der Waals surface area contributed by atoms with Gasteiger partial charge in [-0.3, -0.25) is 0 Å². The number of aromatic nitrogens is 1. The summed E-state index contributed by atoms with van der Waals surface area (Å²) in [7, 11) is 3.45. The number of nitrogen functional groups attached to an aromatic ring is 1. The van der Waals surface area contributed by atoms with E-state index in [0.29, 0.717) is 0 Å². The minimum atomic E-state index is -0.871. The molecule has 0 unspecified atom stereocenters. The number of carbonyl (C=O) groups excluding carboxylic acids is 3. The van der Waals surface area contributed by atoms with Gasteiger partial charge in [0.2, 0.25) is 0 Å². The molecule has 0 aliphatic rings. The van der Waals surface area contributed by atoms with Gasteiger partial charge >= 0.3 is 17.9 Å². The van der Waals surface area contributed by atoms with Crippen LogP contribution in [-0.4, -0.2) is 43.6 Å². The zero-order valence-electron chi connectivity index (χ0n) is 12.2. The lowest BCUT2D eigenvalue weighted by molar-refractivity contribution is 0.0536. The highest BCUT2D eigenvalue weighted by Gasteiger charge is 2.33. The summed E-state index contributed by atoms with van der Waals surface area (Å²) in [5, 5.41) is 0. The van der Waals surface area contributed by atoms with E-state index in [1.165, 1.54) is 16.7 Å². The van der Waals surface area contributed by atoms with Crippen molar-refractivity contribution < 1.29 is 28.6 Å². The molecule has 0 bridgehead atoms. The fraction of sp³-hybridized carbons (Fsp3) is 0.214. The molecule has 2 N–H and O–H groups in total. The molecular weight excluding hydrogens is 292 g/mol. The number of methoxy groups -OCH3 is 3. The van der Waals surface area contributed by atoms with Crippen molar-refractivity contribution >= 4 is 29.1 Å². The molecule has 8 heteroatoms. The van der Waals surface area contributed by atoms with Crippen LogP contribution in [0, 0.1) is 0 Å². The zero-order chi connectivity index (χ0) is 16.4. The maximum Gasteiger partial charge on any atom is 0.355 e. The van der Waals surface area contributed by atoms with E-state index in [-0.39, 0.29) is 28.0 Å². The molecule has 8 nitrogen and oxygen atoms in total. The number of pyridine rings is 1. The number of rotatable bonds is 3. The van der Waals surface area contributed by atoms with E-state index in [2.05, 4.69) is 9.47 Å². The third-order valence-electron chi connectivity index (χ3n) is 3.15. The van der Waals surface area contributed by atoms with Gasteiger partial charge in [-0.25, -0.2) is 14.4 Å². The molecular formula is C14H14N2O6. The molecule has 0 aliphatic carbocycles. The van der Waals surface area contributed by atoms with E-state index in [9.17, 15) is 14.4 Å². The predicted molar refractivity (Wildman–Crippen MR) is 75.8 cm³/mol. The average molecular weight is 306 g/mol. The molecule has 0 atom stereocenters. The van der Waals surface area contributed by atoms with Gasteiger partial charge in [0, 0.05) is 6.20 Å². The molecule has 2 heterocycles. The Bertz CT molecular complexity index is 777. The van der Waals surface area contributed by atoms with E-state index >= 15 is 0 Å². The van der Waals surface area contributed by atoms with Crippen LogP contribution >= 0.6 is 0 Å². The molecule has 0 amide bonds. The van der Waals surface area contributed by atoms with Crippen molar-refractivity contribution in [3.05, 3.63) is 35.2 Å². The molecule has 0 aliphatic heterocycles. The number of esters is 3. The smallest absolute Gasteiger partial charge is 0.355 e. The molecule has 0 spiro atoms. The lowest BCUT2D eigenvalue weighted by atomic mass is 10.1. The topological polar surface area (TPSA) is 109 Å². The molecule has 2 rings (SSSR count). The minimum absolute atomic E-state index is 0.146. The number of ether oxygens (including phenoxy) is 3. The molecule has 116 valence electrons. The summed E-state index contributed by atoms with van der Waals surface area (Å²) in [5.41, 5.74) is 5.70. The number of nitrogens with zero attached hydrogens (tertiary/aromatic N) is 1. The SMILES string of the molecule is COC(=O)c1c(C(=O)OC)c2c(N)cccn2c1C(=O)OC. The second kappa shape index (κ2) is 5.76. The Balaban J connectivity index is 3.03. The van der Waals surface area contributed by atoms with Gasteiger partial charge in [0.1, 0.15) is 16.8 Å². The fourth-order valence-electron chi connectivity index (χ4n) is 2.23. The second-order valence-corrected chi connectivity index (χ2v) is 4.26. The van der Waals surface area contributed by atoms with Crippen molar-refractivity contribution in [3.63, 3.8) is 0 Å². The van der Waals surface area contributed by atoms with Crippen molar-refractivity contribution in [2.24, 2.45) is 0 Å². The highest BCUT2D eigenvalue weighted by atomic mass is 16.5. The van der Waals surface area contributed by atoms with Crippen molar-refractivity contribution in [1.82, 2.24) is 4.40 Å². The third kappa shape index (κ3) is 2.14. The van der Waals surface area contributed by atoms with E-state index in [1.54, 1.807) is 6.07 Å². The van der Waals surface area contributed by atoms with E-state index in [0.717, 1.165) is 21.3 Å². The van der Waals surface area contributed by atoms with Crippen LogP contribution in [0.3, 0.4) is 0 Å². The first kappa shape index (κ1) is 15.4. The normalized spacial score (nSPS) is 10.3. The van der Waals surface area contributed by atoms with E-state index in [1.807, 2.05) is 0 Å². The van der Waals surface area contributed by atoms with E-state index < -0.39 is 17.9 Å². The molecule has 0 saturated carbocycles. The Kier molecular flexibility index (Phi) is 4.02. The molecule has 0 fully saturated rings. The van der Waals surface area contributed by atoms with Gasteiger partial charge in [-0.2, -0.15) is 0 Å². The number of hydrogen-bond donors (Lipinski definition) is 1. The molecule has 2 aromatic rings. The van der Waals surface area contributed by atoms with Crippen LogP contribution < -0.4 is 5.73 Å². The largest absolute Gasteiger partial charge is 0.465 e. The van der Waals surface area contributed by atoms with E-state index in [4.69, 9.17) is 10.5 Å². The summed E-state index contributed by atoms with van der Waals surface area (Å²) in [4.78, 5) is 36.2. The first-order valence-electron chi connectivity index (χ1n) is 6.15. The number of carbonyl (C=O) groups is 3. The Hall–Kier alpha value is -3.03. The Morgan fingerprint density at radius 3 is 2.05 bits per heavy atom. The number of nitrogens with two attached hydrogens (primary N) is 1. The first-order valence-corrected chi connectivity index (χ1v) is 6.15. The quantitative estimate of drug-likeness (QED) is 0.662. The lowest BCUT2D eigenvalue weighted by Crippen LogP contribution is -2.15. The molecule has 0 radical (unpaired) electrons. The summed E-state index contributed by atoms with van der Waals surface area (Å²) in [6.45, 7) is 0. The molecule has 0 aromatic carbocycles. The molecule has 2 aromatic heterocycles. The Morgan fingerprint density at radius 1 is 0.955 bits per heavy atom. The summed E-state index contributed by atoms with van der Waals surface area (Å²) in [6.07, 6.45) is 1.48. The summed E-state index contributed by atoms with van der Waals surface area (Å²) in [6, 6.07) is 3.10. The van der Waals surface area contributed by atoms with Gasteiger partial charge in [0.15, 0.2) is 0 Å². The summed E-state index contributed by atoms with van der Waals surface area (Å²) in [5.74, 6) is -2.49. The standard InChI is InChI=1S/C14H14N2O6/c1-20-12(17)8-9(13(18)21-2)11(14(19)22-3)16-6-4-5-7(15)10(8)16/h4-6H,15H2,1-3H3. The van der Waals surface area contributed by atoms with Crippen molar-refractivity contribution in [2.75, 3.05) is 27.1 Å². The summed E-state index contributed by atoms with van der Waals surface area (Å²) < 4.78 is 15.4. The monoisotopic (exact) mass is 306 g/mol. The van der Waals surface area contributed by atoms with Gasteiger partial charge in [-0.15, -0.1) is 0 Å². The number of hydrogen-bond acceptors (Lipinski definition) is 7. The van der Waals surface area contributed by atoms with Crippen LogP contribution in [0.15, 0.2) is 18.3 Å². The third-order valence-corrected chi connectivity index (χ3v) is 3.15. The second-order valence-electron chi connectivity index (χ2n) is 4.26. The highest BCUT2D eigenvalue weighted by Crippen LogP contribution is 2.29.